The van der Waals surface area contributed by atoms with Crippen molar-refractivity contribution in [1.82, 2.24) is 10.2 Å². The number of hydrogen-bond acceptors (Lipinski definition) is 4. The van der Waals surface area contributed by atoms with Gasteiger partial charge in [0.25, 0.3) is 5.91 Å². The second-order valence-electron chi connectivity index (χ2n) is 6.79. The van der Waals surface area contributed by atoms with Crippen LogP contribution in [0.25, 0.3) is 0 Å². The summed E-state index contributed by atoms with van der Waals surface area (Å²) in [6.07, 6.45) is 1.90. The van der Waals surface area contributed by atoms with Crippen molar-refractivity contribution in [2.24, 2.45) is 5.73 Å². The van der Waals surface area contributed by atoms with Crippen LogP contribution in [-0.4, -0.2) is 43.1 Å². The van der Waals surface area contributed by atoms with E-state index in [1.54, 1.807) is 0 Å². The van der Waals surface area contributed by atoms with Crippen LogP contribution in [0.2, 0.25) is 5.02 Å². The lowest BCUT2D eigenvalue weighted by Gasteiger charge is -2.32. The molecule has 1 amide bonds. The van der Waals surface area contributed by atoms with E-state index >= 15 is 0 Å². The Kier molecular flexibility index (Phi) is 7.10. The fraction of sp³-hybridized carbons (Fsp3) is 0.381. The zero-order valence-electron chi connectivity index (χ0n) is 15.4. The highest BCUT2D eigenvalue weighted by Crippen LogP contribution is 2.16. The van der Waals surface area contributed by atoms with Gasteiger partial charge in [0, 0.05) is 42.8 Å². The lowest BCUT2D eigenvalue weighted by Crippen LogP contribution is -2.45. The number of carbonyl (C=O) groups excluding carboxylic acids is 1. The maximum absolute atomic E-state index is 12.4. The van der Waals surface area contributed by atoms with Crippen molar-refractivity contribution in [3.8, 4) is 5.75 Å². The summed E-state index contributed by atoms with van der Waals surface area (Å²) in [4.78, 5) is 14.7. The molecule has 0 radical (unpaired) electrons. The Hall–Kier alpha value is -2.08. The van der Waals surface area contributed by atoms with Crippen molar-refractivity contribution in [1.29, 1.82) is 0 Å². The van der Waals surface area contributed by atoms with Crippen LogP contribution in [0.4, 0.5) is 0 Å². The molecule has 0 unspecified atom stereocenters. The molecule has 27 heavy (non-hydrogen) atoms. The zero-order valence-corrected chi connectivity index (χ0v) is 16.1. The predicted molar refractivity (Wildman–Crippen MR) is 108 cm³/mol. The molecule has 5 nitrogen and oxygen atoms in total. The highest BCUT2D eigenvalue weighted by atomic mass is 35.5. The maximum atomic E-state index is 12.4. The van der Waals surface area contributed by atoms with E-state index < -0.39 is 0 Å². The van der Waals surface area contributed by atoms with E-state index in [4.69, 9.17) is 22.1 Å². The third-order valence-electron chi connectivity index (χ3n) is 4.86. The molecule has 3 N–H and O–H groups in total. The minimum Gasteiger partial charge on any atom is -0.492 e. The molecule has 1 saturated heterocycles. The quantitative estimate of drug-likeness (QED) is 0.766. The van der Waals surface area contributed by atoms with E-state index in [9.17, 15) is 4.79 Å². The Balaban J connectivity index is 1.36. The number of carbonyl (C=O) groups is 1. The lowest BCUT2D eigenvalue weighted by atomic mass is 10.0. The highest BCUT2D eigenvalue weighted by molar-refractivity contribution is 6.30. The van der Waals surface area contributed by atoms with E-state index in [0.717, 1.165) is 43.8 Å². The Bertz CT molecular complexity index is 726. The maximum Gasteiger partial charge on any atom is 0.251 e. The van der Waals surface area contributed by atoms with Crippen LogP contribution < -0.4 is 15.8 Å². The van der Waals surface area contributed by atoms with Crippen LogP contribution in [-0.2, 0) is 6.54 Å². The molecule has 1 aliphatic heterocycles. The SMILES string of the molecule is NCc1ccc(C(=O)NC2CCN(CCOc3ccc(Cl)cc3)CC2)cc1. The molecule has 1 aliphatic rings. The first-order valence-electron chi connectivity index (χ1n) is 9.34. The molecule has 0 aromatic heterocycles. The van der Waals surface area contributed by atoms with Crippen LogP contribution >= 0.6 is 11.6 Å². The summed E-state index contributed by atoms with van der Waals surface area (Å²) in [7, 11) is 0. The number of rotatable bonds is 7. The van der Waals surface area contributed by atoms with Crippen LogP contribution in [0.5, 0.6) is 5.75 Å². The largest absolute Gasteiger partial charge is 0.492 e. The molecule has 0 aliphatic carbocycles. The summed E-state index contributed by atoms with van der Waals surface area (Å²) in [5.41, 5.74) is 7.31. The number of ether oxygens (including phenoxy) is 1. The van der Waals surface area contributed by atoms with Gasteiger partial charge in [-0.1, -0.05) is 23.7 Å². The normalized spacial score (nSPS) is 15.5. The molecule has 0 saturated carbocycles. The molecular formula is C21H26ClN3O2. The van der Waals surface area contributed by atoms with E-state index in [-0.39, 0.29) is 11.9 Å². The van der Waals surface area contributed by atoms with Gasteiger partial charge in [-0.05, 0) is 54.8 Å². The number of nitrogens with two attached hydrogens (primary N) is 1. The first-order valence-corrected chi connectivity index (χ1v) is 9.72. The standard InChI is InChI=1S/C21H26ClN3O2/c22-18-5-7-20(8-6-18)27-14-13-25-11-9-19(10-12-25)24-21(26)17-3-1-16(15-23)2-4-17/h1-8,19H,9-15,23H2,(H,24,26). The lowest BCUT2D eigenvalue weighted by molar-refractivity contribution is 0.0905. The van der Waals surface area contributed by atoms with E-state index in [2.05, 4.69) is 10.2 Å². The van der Waals surface area contributed by atoms with Gasteiger partial charge in [-0.25, -0.2) is 0 Å². The van der Waals surface area contributed by atoms with Gasteiger partial charge >= 0.3 is 0 Å². The van der Waals surface area contributed by atoms with Gasteiger partial charge in [0.2, 0.25) is 0 Å². The second-order valence-corrected chi connectivity index (χ2v) is 7.23. The number of halogens is 1. The molecule has 1 heterocycles. The van der Waals surface area contributed by atoms with Gasteiger partial charge in [0.1, 0.15) is 12.4 Å². The predicted octanol–water partition coefficient (Wildman–Crippen LogP) is 3.07. The number of benzene rings is 2. The molecule has 0 spiro atoms. The molecule has 0 bridgehead atoms. The fourth-order valence-electron chi connectivity index (χ4n) is 3.19. The Morgan fingerprint density at radius 3 is 2.41 bits per heavy atom. The molecule has 3 rings (SSSR count). The van der Waals surface area contributed by atoms with Gasteiger partial charge < -0.3 is 15.8 Å². The topological polar surface area (TPSA) is 67.6 Å². The molecule has 2 aromatic rings. The zero-order chi connectivity index (χ0) is 19.1. The Morgan fingerprint density at radius 1 is 1.11 bits per heavy atom. The number of hydrogen-bond donors (Lipinski definition) is 2. The number of amides is 1. The van der Waals surface area contributed by atoms with Gasteiger partial charge in [-0.15, -0.1) is 0 Å². The Morgan fingerprint density at radius 2 is 1.78 bits per heavy atom. The van der Waals surface area contributed by atoms with Gasteiger partial charge in [-0.3, -0.25) is 9.69 Å². The van der Waals surface area contributed by atoms with Crippen LogP contribution in [0, 0.1) is 0 Å². The van der Waals surface area contributed by atoms with Crippen molar-refractivity contribution in [3.63, 3.8) is 0 Å². The summed E-state index contributed by atoms with van der Waals surface area (Å²) < 4.78 is 5.75. The van der Waals surface area contributed by atoms with Crippen molar-refractivity contribution in [2.75, 3.05) is 26.2 Å². The third kappa shape index (κ3) is 5.96. The van der Waals surface area contributed by atoms with Crippen LogP contribution in [0.1, 0.15) is 28.8 Å². The van der Waals surface area contributed by atoms with Gasteiger partial charge in [0.05, 0.1) is 0 Å². The fourth-order valence-corrected chi connectivity index (χ4v) is 3.31. The van der Waals surface area contributed by atoms with Crippen molar-refractivity contribution >= 4 is 17.5 Å². The van der Waals surface area contributed by atoms with E-state index in [1.165, 1.54) is 0 Å². The van der Waals surface area contributed by atoms with Gasteiger partial charge in [0.15, 0.2) is 0 Å². The number of likely N-dealkylation sites (tertiary alicyclic amines) is 1. The van der Waals surface area contributed by atoms with E-state index in [0.29, 0.717) is 23.7 Å². The smallest absolute Gasteiger partial charge is 0.251 e. The van der Waals surface area contributed by atoms with Crippen LogP contribution in [0.15, 0.2) is 48.5 Å². The average molecular weight is 388 g/mol. The summed E-state index contributed by atoms with van der Waals surface area (Å²) in [5.74, 6) is 0.824. The molecule has 1 fully saturated rings. The first kappa shape index (κ1) is 19.7. The van der Waals surface area contributed by atoms with Crippen molar-refractivity contribution in [2.45, 2.75) is 25.4 Å². The highest BCUT2D eigenvalue weighted by Gasteiger charge is 2.21. The molecule has 6 heteroatoms. The van der Waals surface area contributed by atoms with Crippen molar-refractivity contribution in [3.05, 3.63) is 64.7 Å². The summed E-state index contributed by atoms with van der Waals surface area (Å²) in [5, 5.41) is 3.85. The summed E-state index contributed by atoms with van der Waals surface area (Å²) in [6.45, 7) is 3.93. The monoisotopic (exact) mass is 387 g/mol. The second kappa shape index (κ2) is 9.74. The average Bonchev–Trinajstić information content (AvgIpc) is 2.71. The third-order valence-corrected chi connectivity index (χ3v) is 5.12. The summed E-state index contributed by atoms with van der Waals surface area (Å²) >= 11 is 5.87. The van der Waals surface area contributed by atoms with Gasteiger partial charge in [-0.2, -0.15) is 0 Å². The minimum absolute atomic E-state index is 0.0110. The molecular weight excluding hydrogens is 362 g/mol. The number of nitrogens with one attached hydrogen (secondary N) is 1. The minimum atomic E-state index is -0.0110. The van der Waals surface area contributed by atoms with E-state index in [1.807, 2.05) is 48.5 Å². The Labute approximate surface area is 165 Å². The van der Waals surface area contributed by atoms with Crippen LogP contribution in [0.3, 0.4) is 0 Å². The number of piperidine rings is 1. The molecule has 144 valence electrons. The molecule has 2 aromatic carbocycles. The molecule has 0 atom stereocenters. The van der Waals surface area contributed by atoms with Crippen molar-refractivity contribution < 1.29 is 9.53 Å². The summed E-state index contributed by atoms with van der Waals surface area (Å²) in [6, 6.07) is 15.1. The first-order chi connectivity index (χ1) is 13.1. The number of nitrogens with zero attached hydrogens (tertiary/aromatic N) is 1.